The van der Waals surface area contributed by atoms with E-state index in [-0.39, 0.29) is 0 Å². The maximum atomic E-state index is 5.86. The summed E-state index contributed by atoms with van der Waals surface area (Å²) in [5.74, 6) is 0. The van der Waals surface area contributed by atoms with Crippen molar-refractivity contribution in [3.05, 3.63) is 42.2 Å². The first-order valence-electron chi connectivity index (χ1n) is 4.72. The van der Waals surface area contributed by atoms with E-state index in [1.54, 1.807) is 0 Å². The van der Waals surface area contributed by atoms with Gasteiger partial charge in [0.15, 0.2) is 0 Å². The summed E-state index contributed by atoms with van der Waals surface area (Å²) >= 11 is 14.1. The van der Waals surface area contributed by atoms with Crippen LogP contribution in [-0.2, 0) is 0 Å². The van der Waals surface area contributed by atoms with Crippen LogP contribution in [0.1, 0.15) is 0 Å². The Morgan fingerprint density at radius 2 is 1.06 bits per heavy atom. The van der Waals surface area contributed by atoms with Crippen molar-refractivity contribution < 1.29 is 4.42 Å². The summed E-state index contributed by atoms with van der Waals surface area (Å²) in [5, 5.41) is 2.17. The summed E-state index contributed by atoms with van der Waals surface area (Å²) in [6, 6.07) is 7.98. The summed E-state index contributed by atoms with van der Waals surface area (Å²) in [4.78, 5) is 0. The standard InChI is InChI=1S/C12H4Br4O/c13-5-1-7(15)11-9(3-5)17-10-4-6(14)2-8(16)12(10)11/h1-4H. The van der Waals surface area contributed by atoms with Crippen LogP contribution in [0.4, 0.5) is 0 Å². The molecule has 0 bridgehead atoms. The van der Waals surface area contributed by atoms with Crippen molar-refractivity contribution in [2.24, 2.45) is 0 Å². The summed E-state index contributed by atoms with van der Waals surface area (Å²) in [6.45, 7) is 0. The van der Waals surface area contributed by atoms with Crippen molar-refractivity contribution in [3.8, 4) is 0 Å². The zero-order valence-corrected chi connectivity index (χ0v) is 14.6. The monoisotopic (exact) mass is 480 g/mol. The Balaban J connectivity index is 2.60. The van der Waals surface area contributed by atoms with Crippen LogP contribution >= 0.6 is 63.7 Å². The van der Waals surface area contributed by atoms with Crippen LogP contribution in [0.25, 0.3) is 21.9 Å². The zero-order chi connectivity index (χ0) is 12.2. The smallest absolute Gasteiger partial charge is 0.137 e. The Kier molecular flexibility index (Phi) is 3.14. The van der Waals surface area contributed by atoms with Crippen molar-refractivity contribution in [1.82, 2.24) is 0 Å². The van der Waals surface area contributed by atoms with E-state index in [0.29, 0.717) is 0 Å². The highest BCUT2D eigenvalue weighted by atomic mass is 79.9. The second-order valence-corrected chi connectivity index (χ2v) is 7.16. The quantitative estimate of drug-likeness (QED) is 0.349. The fourth-order valence-corrected chi connectivity index (χ4v) is 4.63. The van der Waals surface area contributed by atoms with Gasteiger partial charge in [0.25, 0.3) is 0 Å². The first-order valence-corrected chi connectivity index (χ1v) is 7.90. The van der Waals surface area contributed by atoms with Crippen molar-refractivity contribution in [3.63, 3.8) is 0 Å². The van der Waals surface area contributed by atoms with Gasteiger partial charge in [0.05, 0.1) is 0 Å². The van der Waals surface area contributed by atoms with Gasteiger partial charge in [0.1, 0.15) is 11.2 Å². The highest BCUT2D eigenvalue weighted by Crippen LogP contribution is 2.41. The lowest BCUT2D eigenvalue weighted by Crippen LogP contribution is -1.73. The zero-order valence-electron chi connectivity index (χ0n) is 8.23. The molecule has 1 heterocycles. The van der Waals surface area contributed by atoms with E-state index in [1.165, 1.54) is 0 Å². The minimum Gasteiger partial charge on any atom is -0.456 e. The summed E-state index contributed by atoms with van der Waals surface area (Å²) in [5.41, 5.74) is 1.72. The lowest BCUT2D eigenvalue weighted by atomic mass is 10.1. The molecule has 3 rings (SSSR count). The predicted molar refractivity (Wildman–Crippen MR) is 84.5 cm³/mol. The van der Waals surface area contributed by atoms with Gasteiger partial charge >= 0.3 is 0 Å². The molecular weight excluding hydrogens is 480 g/mol. The molecule has 0 N–H and O–H groups in total. The molecule has 5 heteroatoms. The van der Waals surface area contributed by atoms with E-state index in [4.69, 9.17) is 4.42 Å². The van der Waals surface area contributed by atoms with E-state index in [2.05, 4.69) is 63.7 Å². The fraction of sp³-hybridized carbons (Fsp3) is 0. The van der Waals surface area contributed by atoms with E-state index in [0.717, 1.165) is 39.8 Å². The maximum Gasteiger partial charge on any atom is 0.137 e. The molecule has 0 aliphatic heterocycles. The SMILES string of the molecule is Brc1cc(Br)c2c(c1)oc1cc(Br)cc(Br)c12. The number of benzene rings is 2. The van der Waals surface area contributed by atoms with E-state index < -0.39 is 0 Å². The van der Waals surface area contributed by atoms with Gasteiger partial charge in [0.2, 0.25) is 0 Å². The lowest BCUT2D eigenvalue weighted by Gasteiger charge is -1.98. The van der Waals surface area contributed by atoms with Crippen LogP contribution in [0, 0.1) is 0 Å². The summed E-state index contributed by atoms with van der Waals surface area (Å²) < 4.78 is 9.87. The average Bonchev–Trinajstić information content (AvgIpc) is 2.55. The highest BCUT2D eigenvalue weighted by Gasteiger charge is 2.14. The number of rotatable bonds is 0. The molecule has 0 atom stereocenters. The van der Waals surface area contributed by atoms with Gasteiger partial charge in [0, 0.05) is 28.7 Å². The summed E-state index contributed by atoms with van der Waals surface area (Å²) in [6.07, 6.45) is 0. The topological polar surface area (TPSA) is 13.1 Å². The van der Waals surface area contributed by atoms with Gasteiger partial charge in [-0.25, -0.2) is 0 Å². The number of fused-ring (bicyclic) bond motifs is 3. The van der Waals surface area contributed by atoms with Gasteiger partial charge in [-0.1, -0.05) is 31.9 Å². The molecule has 1 nitrogen and oxygen atoms in total. The van der Waals surface area contributed by atoms with E-state index in [9.17, 15) is 0 Å². The van der Waals surface area contributed by atoms with Gasteiger partial charge in [-0.2, -0.15) is 0 Å². The Labute approximate surface area is 131 Å². The van der Waals surface area contributed by atoms with E-state index >= 15 is 0 Å². The van der Waals surface area contributed by atoms with Crippen LogP contribution in [0.2, 0.25) is 0 Å². The van der Waals surface area contributed by atoms with Crippen molar-refractivity contribution in [2.45, 2.75) is 0 Å². The Morgan fingerprint density at radius 3 is 1.47 bits per heavy atom. The van der Waals surface area contributed by atoms with Crippen molar-refractivity contribution in [1.29, 1.82) is 0 Å². The molecule has 0 radical (unpaired) electrons. The predicted octanol–water partition coefficient (Wildman–Crippen LogP) is 6.64. The highest BCUT2D eigenvalue weighted by molar-refractivity contribution is 9.11. The van der Waals surface area contributed by atoms with Crippen LogP contribution in [0.5, 0.6) is 0 Å². The molecule has 0 amide bonds. The van der Waals surface area contributed by atoms with Crippen molar-refractivity contribution >= 4 is 85.7 Å². The molecule has 0 spiro atoms. The fourth-order valence-electron chi connectivity index (χ4n) is 1.86. The van der Waals surface area contributed by atoms with Gasteiger partial charge < -0.3 is 4.42 Å². The minimum atomic E-state index is 0.861. The molecule has 0 aliphatic carbocycles. The summed E-state index contributed by atoms with van der Waals surface area (Å²) in [7, 11) is 0. The lowest BCUT2D eigenvalue weighted by molar-refractivity contribution is 0.668. The molecular formula is C12H4Br4O. The number of hydrogen-bond acceptors (Lipinski definition) is 1. The maximum absolute atomic E-state index is 5.86. The first-order chi connectivity index (χ1) is 8.06. The van der Waals surface area contributed by atoms with E-state index in [1.807, 2.05) is 24.3 Å². The first kappa shape index (κ1) is 12.2. The molecule has 0 aliphatic rings. The average molecular weight is 484 g/mol. The molecule has 17 heavy (non-hydrogen) atoms. The van der Waals surface area contributed by atoms with Crippen LogP contribution in [0.3, 0.4) is 0 Å². The number of hydrogen-bond donors (Lipinski definition) is 0. The molecule has 0 saturated carbocycles. The molecule has 86 valence electrons. The van der Waals surface area contributed by atoms with Crippen LogP contribution < -0.4 is 0 Å². The van der Waals surface area contributed by atoms with Gasteiger partial charge in [-0.3, -0.25) is 0 Å². The third-order valence-corrected chi connectivity index (χ3v) is 4.67. The Morgan fingerprint density at radius 1 is 0.647 bits per heavy atom. The van der Waals surface area contributed by atoms with Crippen molar-refractivity contribution in [2.75, 3.05) is 0 Å². The van der Waals surface area contributed by atoms with Gasteiger partial charge in [-0.05, 0) is 56.1 Å². The van der Waals surface area contributed by atoms with Gasteiger partial charge in [-0.15, -0.1) is 0 Å². The Bertz CT molecular complexity index is 683. The molecule has 3 aromatic rings. The second kappa shape index (κ2) is 4.37. The minimum absolute atomic E-state index is 0.861. The normalized spacial score (nSPS) is 11.5. The largest absolute Gasteiger partial charge is 0.456 e. The molecule has 2 aromatic carbocycles. The molecule has 0 saturated heterocycles. The van der Waals surface area contributed by atoms with Crippen LogP contribution in [-0.4, -0.2) is 0 Å². The molecule has 0 unspecified atom stereocenters. The third kappa shape index (κ3) is 2.01. The molecule has 1 aromatic heterocycles. The Hall–Kier alpha value is 0.160. The molecule has 0 fully saturated rings. The second-order valence-electron chi connectivity index (χ2n) is 3.62. The number of furan rings is 1. The third-order valence-electron chi connectivity index (χ3n) is 2.51. The van der Waals surface area contributed by atoms with Crippen LogP contribution in [0.15, 0.2) is 46.6 Å². The number of halogens is 4.